The maximum absolute atomic E-state index is 10.9. The molecule has 0 saturated carbocycles. The fourth-order valence-corrected chi connectivity index (χ4v) is 2.31. The number of hydrogen-bond donors (Lipinski definition) is 0. The lowest BCUT2D eigenvalue weighted by Gasteiger charge is -2.11. The van der Waals surface area contributed by atoms with Crippen LogP contribution in [0.2, 0.25) is 0 Å². The predicted molar refractivity (Wildman–Crippen MR) is 66.5 cm³/mol. The van der Waals surface area contributed by atoms with Gasteiger partial charge in [0.1, 0.15) is 6.29 Å². The molecular formula is C14H26O2. The molecule has 1 heterocycles. The van der Waals surface area contributed by atoms with Crippen LogP contribution in [-0.4, -0.2) is 19.5 Å². The third kappa shape index (κ3) is 7.00. The summed E-state index contributed by atoms with van der Waals surface area (Å²) in [5.41, 5.74) is 0. The fourth-order valence-electron chi connectivity index (χ4n) is 2.31. The van der Waals surface area contributed by atoms with Crippen molar-refractivity contribution in [1.29, 1.82) is 0 Å². The summed E-state index contributed by atoms with van der Waals surface area (Å²) in [6, 6.07) is 0. The molecule has 1 aliphatic rings. The Bertz CT molecular complexity index is 154. The third-order valence-corrected chi connectivity index (χ3v) is 3.42. The molecule has 0 N–H and O–H groups in total. The Kier molecular flexibility index (Phi) is 8.41. The predicted octanol–water partition coefficient (Wildman–Crippen LogP) is 3.73. The van der Waals surface area contributed by atoms with Crippen molar-refractivity contribution in [3.8, 4) is 0 Å². The first-order valence-corrected chi connectivity index (χ1v) is 6.96. The molecule has 0 aromatic rings. The average Bonchev–Trinajstić information content (AvgIpc) is 2.32. The highest BCUT2D eigenvalue weighted by Gasteiger charge is 2.07. The summed E-state index contributed by atoms with van der Waals surface area (Å²) in [6.07, 6.45) is 13.2. The molecule has 1 unspecified atom stereocenters. The molecular weight excluding hydrogens is 200 g/mol. The molecule has 0 radical (unpaired) electrons. The summed E-state index contributed by atoms with van der Waals surface area (Å²) in [4.78, 5) is 10.9. The van der Waals surface area contributed by atoms with Gasteiger partial charge >= 0.3 is 0 Å². The summed E-state index contributed by atoms with van der Waals surface area (Å²) >= 11 is 0. The second-order valence-corrected chi connectivity index (χ2v) is 4.91. The quantitative estimate of drug-likeness (QED) is 0.637. The SMILES string of the molecule is O=CC1CCCCCCCOCCCCC1. The van der Waals surface area contributed by atoms with Crippen molar-refractivity contribution in [2.45, 2.75) is 64.2 Å². The molecule has 2 heteroatoms. The Morgan fingerprint density at radius 1 is 0.750 bits per heavy atom. The first-order chi connectivity index (χ1) is 7.93. The molecule has 1 atom stereocenters. The Morgan fingerprint density at radius 3 is 1.88 bits per heavy atom. The van der Waals surface area contributed by atoms with Crippen molar-refractivity contribution < 1.29 is 9.53 Å². The van der Waals surface area contributed by atoms with Gasteiger partial charge in [-0.1, -0.05) is 38.5 Å². The second-order valence-electron chi connectivity index (χ2n) is 4.91. The van der Waals surface area contributed by atoms with Crippen LogP contribution in [0.5, 0.6) is 0 Å². The fraction of sp³-hybridized carbons (Fsp3) is 0.929. The minimum absolute atomic E-state index is 0.323. The van der Waals surface area contributed by atoms with Gasteiger partial charge in [-0.15, -0.1) is 0 Å². The van der Waals surface area contributed by atoms with Gasteiger partial charge in [0.2, 0.25) is 0 Å². The summed E-state index contributed by atoms with van der Waals surface area (Å²) < 4.78 is 5.56. The smallest absolute Gasteiger partial charge is 0.123 e. The van der Waals surface area contributed by atoms with Gasteiger partial charge in [0, 0.05) is 19.1 Å². The topological polar surface area (TPSA) is 26.3 Å². The van der Waals surface area contributed by atoms with E-state index in [1.807, 2.05) is 0 Å². The standard InChI is InChI=1S/C14H26O2/c15-13-14-9-5-2-1-3-7-11-16-12-8-4-6-10-14/h13-14H,1-12H2. The van der Waals surface area contributed by atoms with Gasteiger partial charge in [-0.25, -0.2) is 0 Å². The van der Waals surface area contributed by atoms with E-state index in [1.165, 1.54) is 51.2 Å². The lowest BCUT2D eigenvalue weighted by atomic mass is 9.96. The van der Waals surface area contributed by atoms with Gasteiger partial charge < -0.3 is 9.53 Å². The monoisotopic (exact) mass is 226 g/mol. The molecule has 0 aromatic heterocycles. The van der Waals surface area contributed by atoms with Crippen LogP contribution in [0.25, 0.3) is 0 Å². The van der Waals surface area contributed by atoms with Crippen molar-refractivity contribution in [1.82, 2.24) is 0 Å². The number of carbonyl (C=O) groups is 1. The van der Waals surface area contributed by atoms with Gasteiger partial charge in [0.25, 0.3) is 0 Å². The van der Waals surface area contributed by atoms with E-state index in [4.69, 9.17) is 4.74 Å². The van der Waals surface area contributed by atoms with E-state index in [-0.39, 0.29) is 0 Å². The first kappa shape index (κ1) is 13.7. The van der Waals surface area contributed by atoms with E-state index < -0.39 is 0 Å². The summed E-state index contributed by atoms with van der Waals surface area (Å²) in [6.45, 7) is 1.85. The molecule has 1 fully saturated rings. The maximum Gasteiger partial charge on any atom is 0.123 e. The Labute approximate surface area is 99.8 Å². The molecule has 0 spiro atoms. The molecule has 0 amide bonds. The number of ether oxygens (including phenoxy) is 1. The Hall–Kier alpha value is -0.370. The van der Waals surface area contributed by atoms with E-state index in [9.17, 15) is 4.79 Å². The first-order valence-electron chi connectivity index (χ1n) is 6.96. The normalized spacial score (nSPS) is 26.9. The largest absolute Gasteiger partial charge is 0.381 e. The zero-order valence-corrected chi connectivity index (χ0v) is 10.5. The highest BCUT2D eigenvalue weighted by Crippen LogP contribution is 2.17. The van der Waals surface area contributed by atoms with E-state index in [2.05, 4.69) is 0 Å². The Balaban J connectivity index is 2.18. The van der Waals surface area contributed by atoms with E-state index in [0.717, 1.165) is 32.5 Å². The molecule has 1 rings (SSSR count). The van der Waals surface area contributed by atoms with Crippen LogP contribution in [0.15, 0.2) is 0 Å². The molecule has 0 aromatic carbocycles. The molecule has 0 bridgehead atoms. The van der Waals surface area contributed by atoms with Crippen molar-refractivity contribution in [2.75, 3.05) is 13.2 Å². The second kappa shape index (κ2) is 9.83. The molecule has 16 heavy (non-hydrogen) atoms. The van der Waals surface area contributed by atoms with Gasteiger partial charge in [-0.2, -0.15) is 0 Å². The highest BCUT2D eigenvalue weighted by molar-refractivity contribution is 5.53. The minimum atomic E-state index is 0.323. The van der Waals surface area contributed by atoms with E-state index in [1.54, 1.807) is 0 Å². The molecule has 94 valence electrons. The molecule has 0 aliphatic carbocycles. The van der Waals surface area contributed by atoms with Crippen LogP contribution in [0.3, 0.4) is 0 Å². The molecule has 1 saturated heterocycles. The summed E-state index contributed by atoms with van der Waals surface area (Å²) in [7, 11) is 0. The van der Waals surface area contributed by atoms with Crippen LogP contribution in [0.4, 0.5) is 0 Å². The lowest BCUT2D eigenvalue weighted by Crippen LogP contribution is -2.04. The number of aldehydes is 1. The van der Waals surface area contributed by atoms with Crippen LogP contribution < -0.4 is 0 Å². The van der Waals surface area contributed by atoms with Crippen LogP contribution in [0, 0.1) is 5.92 Å². The van der Waals surface area contributed by atoms with Crippen molar-refractivity contribution in [2.24, 2.45) is 5.92 Å². The third-order valence-electron chi connectivity index (χ3n) is 3.42. The van der Waals surface area contributed by atoms with Gasteiger partial charge in [0.05, 0.1) is 0 Å². The van der Waals surface area contributed by atoms with E-state index in [0.29, 0.717) is 5.92 Å². The summed E-state index contributed by atoms with van der Waals surface area (Å²) in [5, 5.41) is 0. The van der Waals surface area contributed by atoms with Gasteiger partial charge in [-0.3, -0.25) is 0 Å². The number of hydrogen-bond acceptors (Lipinski definition) is 2. The van der Waals surface area contributed by atoms with Crippen LogP contribution in [-0.2, 0) is 9.53 Å². The van der Waals surface area contributed by atoms with Crippen molar-refractivity contribution in [3.63, 3.8) is 0 Å². The summed E-state index contributed by atoms with van der Waals surface area (Å²) in [5.74, 6) is 0.323. The average molecular weight is 226 g/mol. The Morgan fingerprint density at radius 2 is 1.25 bits per heavy atom. The maximum atomic E-state index is 10.9. The minimum Gasteiger partial charge on any atom is -0.381 e. The van der Waals surface area contributed by atoms with Crippen molar-refractivity contribution in [3.05, 3.63) is 0 Å². The zero-order chi connectivity index (χ0) is 11.5. The van der Waals surface area contributed by atoms with Crippen molar-refractivity contribution >= 4 is 6.29 Å². The van der Waals surface area contributed by atoms with E-state index >= 15 is 0 Å². The van der Waals surface area contributed by atoms with Crippen LogP contribution >= 0.6 is 0 Å². The zero-order valence-electron chi connectivity index (χ0n) is 10.5. The molecule has 2 nitrogen and oxygen atoms in total. The molecule has 1 aliphatic heterocycles. The number of rotatable bonds is 1. The number of carbonyl (C=O) groups excluding carboxylic acids is 1. The van der Waals surface area contributed by atoms with Crippen LogP contribution in [0.1, 0.15) is 64.2 Å². The van der Waals surface area contributed by atoms with Gasteiger partial charge in [-0.05, 0) is 25.7 Å². The lowest BCUT2D eigenvalue weighted by molar-refractivity contribution is -0.111. The highest BCUT2D eigenvalue weighted by atomic mass is 16.5. The van der Waals surface area contributed by atoms with Gasteiger partial charge in [0.15, 0.2) is 0 Å².